The highest BCUT2D eigenvalue weighted by Crippen LogP contribution is 2.20. The molecule has 0 bridgehead atoms. The van der Waals surface area contributed by atoms with Crippen molar-refractivity contribution in [2.75, 3.05) is 4.90 Å². The predicted molar refractivity (Wildman–Crippen MR) is 54.0 cm³/mol. The molecule has 0 saturated heterocycles. The average molecular weight is 219 g/mol. The standard InChI is InChI=1S/C8H8Cl2N2O/c9-7(10)12(8(11)13)6-4-2-1-3-5-6/h1-5,7H,(H2,11,13). The number of hydrogen-bond acceptors (Lipinski definition) is 1. The van der Waals surface area contributed by atoms with Gasteiger partial charge in [0.05, 0.1) is 0 Å². The molecule has 1 aromatic rings. The normalized spacial score (nSPS) is 10.1. The molecule has 2 amide bonds. The number of anilines is 1. The van der Waals surface area contributed by atoms with E-state index in [-0.39, 0.29) is 0 Å². The molecule has 5 heteroatoms. The van der Waals surface area contributed by atoms with Gasteiger partial charge in [-0.25, -0.2) is 4.79 Å². The number of hydrogen-bond donors (Lipinski definition) is 1. The van der Waals surface area contributed by atoms with Crippen LogP contribution in [-0.4, -0.2) is 11.0 Å². The topological polar surface area (TPSA) is 46.3 Å². The zero-order valence-electron chi connectivity index (χ0n) is 6.65. The van der Waals surface area contributed by atoms with Crippen LogP contribution in [-0.2, 0) is 0 Å². The van der Waals surface area contributed by atoms with Gasteiger partial charge in [0.1, 0.15) is 0 Å². The van der Waals surface area contributed by atoms with E-state index >= 15 is 0 Å². The van der Waals surface area contributed by atoms with Crippen LogP contribution < -0.4 is 10.6 Å². The van der Waals surface area contributed by atoms with E-state index < -0.39 is 11.0 Å². The number of alkyl halides is 2. The molecule has 0 atom stereocenters. The van der Waals surface area contributed by atoms with E-state index in [0.717, 1.165) is 4.90 Å². The van der Waals surface area contributed by atoms with E-state index in [4.69, 9.17) is 28.9 Å². The van der Waals surface area contributed by atoms with Gasteiger partial charge in [0.25, 0.3) is 0 Å². The lowest BCUT2D eigenvalue weighted by molar-refractivity contribution is 0.254. The van der Waals surface area contributed by atoms with Gasteiger partial charge >= 0.3 is 6.03 Å². The lowest BCUT2D eigenvalue weighted by atomic mass is 10.3. The minimum absolute atomic E-state index is 0.574. The van der Waals surface area contributed by atoms with Crippen LogP contribution >= 0.6 is 23.2 Å². The summed E-state index contributed by atoms with van der Waals surface area (Å²) in [5.74, 6) is 0. The largest absolute Gasteiger partial charge is 0.351 e. The minimum Gasteiger partial charge on any atom is -0.351 e. The monoisotopic (exact) mass is 218 g/mol. The Bertz CT molecular complexity index is 289. The Balaban J connectivity index is 2.96. The van der Waals surface area contributed by atoms with Crippen molar-refractivity contribution < 1.29 is 4.79 Å². The molecule has 13 heavy (non-hydrogen) atoms. The predicted octanol–water partition coefficient (Wildman–Crippen LogP) is 2.33. The highest BCUT2D eigenvalue weighted by molar-refractivity contribution is 6.46. The number of primary amides is 1. The number of para-hydroxylation sites is 1. The summed E-state index contributed by atoms with van der Waals surface area (Å²) in [7, 11) is 0. The summed E-state index contributed by atoms with van der Waals surface area (Å²) in [5.41, 5.74) is 5.66. The van der Waals surface area contributed by atoms with Gasteiger partial charge in [-0.05, 0) is 12.1 Å². The summed E-state index contributed by atoms with van der Waals surface area (Å²) in [6.45, 7) is 0. The Morgan fingerprint density at radius 2 is 1.85 bits per heavy atom. The number of rotatable bonds is 2. The highest BCUT2D eigenvalue weighted by Gasteiger charge is 2.18. The third-order valence-corrected chi connectivity index (χ3v) is 1.86. The number of halogens is 2. The van der Waals surface area contributed by atoms with Crippen LogP contribution in [0.5, 0.6) is 0 Å². The molecule has 0 fully saturated rings. The maximum absolute atomic E-state index is 10.9. The molecular weight excluding hydrogens is 211 g/mol. The fourth-order valence-corrected chi connectivity index (χ4v) is 1.34. The molecule has 0 heterocycles. The summed E-state index contributed by atoms with van der Waals surface area (Å²) in [6, 6.07) is 8.06. The number of carbonyl (C=O) groups excluding carboxylic acids is 1. The molecule has 2 N–H and O–H groups in total. The van der Waals surface area contributed by atoms with Crippen LogP contribution in [0, 0.1) is 0 Å². The zero-order chi connectivity index (χ0) is 9.84. The van der Waals surface area contributed by atoms with Gasteiger partial charge in [-0.15, -0.1) is 0 Å². The maximum atomic E-state index is 10.9. The van der Waals surface area contributed by atoms with E-state index in [2.05, 4.69) is 0 Å². The molecule has 70 valence electrons. The molecule has 3 nitrogen and oxygen atoms in total. The first-order valence-electron chi connectivity index (χ1n) is 3.55. The van der Waals surface area contributed by atoms with Gasteiger partial charge in [0, 0.05) is 5.69 Å². The van der Waals surface area contributed by atoms with E-state index in [1.54, 1.807) is 24.3 Å². The molecular formula is C8H8Cl2N2O. The van der Waals surface area contributed by atoms with Crippen LogP contribution in [0.4, 0.5) is 10.5 Å². The van der Waals surface area contributed by atoms with Crippen molar-refractivity contribution in [3.63, 3.8) is 0 Å². The SMILES string of the molecule is NC(=O)N(c1ccccc1)C(Cl)Cl. The van der Waals surface area contributed by atoms with Crippen LogP contribution in [0.1, 0.15) is 0 Å². The van der Waals surface area contributed by atoms with E-state index in [9.17, 15) is 4.79 Å². The summed E-state index contributed by atoms with van der Waals surface area (Å²) in [4.78, 5) is 11.0. The lowest BCUT2D eigenvalue weighted by Crippen LogP contribution is -2.38. The summed E-state index contributed by atoms with van der Waals surface area (Å²) >= 11 is 11.1. The second-order valence-corrected chi connectivity index (χ2v) is 3.37. The smallest absolute Gasteiger partial charge is 0.321 e. The molecule has 1 rings (SSSR count). The van der Waals surface area contributed by atoms with Gasteiger partial charge in [0.2, 0.25) is 0 Å². The van der Waals surface area contributed by atoms with Gasteiger partial charge in [0.15, 0.2) is 4.96 Å². The molecule has 0 radical (unpaired) electrons. The van der Waals surface area contributed by atoms with Gasteiger partial charge in [-0.1, -0.05) is 41.4 Å². The van der Waals surface area contributed by atoms with Crippen molar-refractivity contribution >= 4 is 34.9 Å². The Kier molecular flexibility index (Phi) is 3.39. The van der Waals surface area contributed by atoms with Crippen LogP contribution in [0.15, 0.2) is 30.3 Å². The molecule has 0 aliphatic carbocycles. The molecule has 1 aromatic carbocycles. The van der Waals surface area contributed by atoms with Crippen molar-refractivity contribution in [2.24, 2.45) is 5.73 Å². The Morgan fingerprint density at radius 3 is 2.23 bits per heavy atom. The molecule has 0 saturated carbocycles. The third kappa shape index (κ3) is 2.50. The molecule has 0 aliphatic rings. The fraction of sp³-hybridized carbons (Fsp3) is 0.125. The van der Waals surface area contributed by atoms with Gasteiger partial charge in [-0.2, -0.15) is 0 Å². The average Bonchev–Trinajstić information content (AvgIpc) is 2.04. The van der Waals surface area contributed by atoms with E-state index in [1.165, 1.54) is 0 Å². The summed E-state index contributed by atoms with van der Waals surface area (Å²) in [6.07, 6.45) is 0. The molecule has 0 aliphatic heterocycles. The van der Waals surface area contributed by atoms with Crippen molar-refractivity contribution in [2.45, 2.75) is 4.96 Å². The van der Waals surface area contributed by atoms with Gasteiger partial charge < -0.3 is 5.73 Å². The second-order valence-electron chi connectivity index (χ2n) is 2.32. The number of urea groups is 1. The van der Waals surface area contributed by atoms with Crippen LogP contribution in [0.2, 0.25) is 0 Å². The second kappa shape index (κ2) is 4.35. The Morgan fingerprint density at radius 1 is 1.31 bits per heavy atom. The molecule has 0 aromatic heterocycles. The van der Waals surface area contributed by atoms with Gasteiger partial charge in [-0.3, -0.25) is 4.90 Å². The van der Waals surface area contributed by atoms with Crippen LogP contribution in [0.3, 0.4) is 0 Å². The van der Waals surface area contributed by atoms with Crippen molar-refractivity contribution in [3.05, 3.63) is 30.3 Å². The Hall–Kier alpha value is -0.930. The van der Waals surface area contributed by atoms with Crippen LogP contribution in [0.25, 0.3) is 0 Å². The van der Waals surface area contributed by atoms with Crippen molar-refractivity contribution in [1.82, 2.24) is 0 Å². The number of amides is 2. The summed E-state index contributed by atoms with van der Waals surface area (Å²) in [5, 5.41) is 0. The number of nitrogens with two attached hydrogens (primary N) is 1. The Labute approximate surface area is 86.0 Å². The van der Waals surface area contributed by atoms with Crippen molar-refractivity contribution in [1.29, 1.82) is 0 Å². The molecule has 0 spiro atoms. The highest BCUT2D eigenvalue weighted by atomic mass is 35.5. The first kappa shape index (κ1) is 10.2. The minimum atomic E-state index is -0.972. The quantitative estimate of drug-likeness (QED) is 0.602. The van der Waals surface area contributed by atoms with Crippen molar-refractivity contribution in [3.8, 4) is 0 Å². The van der Waals surface area contributed by atoms with E-state index in [0.29, 0.717) is 5.69 Å². The number of carbonyl (C=O) groups is 1. The lowest BCUT2D eigenvalue weighted by Gasteiger charge is -2.20. The third-order valence-electron chi connectivity index (χ3n) is 1.47. The first-order chi connectivity index (χ1) is 6.13. The number of nitrogens with zero attached hydrogens (tertiary/aromatic N) is 1. The maximum Gasteiger partial charge on any atom is 0.321 e. The first-order valence-corrected chi connectivity index (χ1v) is 4.42. The fourth-order valence-electron chi connectivity index (χ4n) is 0.925. The summed E-state index contributed by atoms with van der Waals surface area (Å²) < 4.78 is 0. The number of benzene rings is 1. The zero-order valence-corrected chi connectivity index (χ0v) is 8.16. The molecule has 0 unspecified atom stereocenters. The van der Waals surface area contributed by atoms with E-state index in [1.807, 2.05) is 6.07 Å².